The maximum atomic E-state index is 12.6. The number of nitrogens with one attached hydrogen (secondary N) is 1. The maximum absolute atomic E-state index is 12.6. The third kappa shape index (κ3) is 5.98. The van der Waals surface area contributed by atoms with Crippen molar-refractivity contribution in [1.29, 1.82) is 0 Å². The number of carbonyl (C=O) groups is 1. The van der Waals surface area contributed by atoms with Gasteiger partial charge in [0.15, 0.2) is 21.3 Å². The fraction of sp³-hybridized carbons (Fsp3) is 0.273. The Morgan fingerprint density at radius 3 is 2.53 bits per heavy atom. The van der Waals surface area contributed by atoms with Crippen LogP contribution in [0.4, 0.5) is 5.69 Å². The van der Waals surface area contributed by atoms with Gasteiger partial charge in [-0.25, -0.2) is 13.4 Å². The molecule has 3 aromatic rings. The topological polar surface area (TPSA) is 104 Å². The molecule has 32 heavy (non-hydrogen) atoms. The van der Waals surface area contributed by atoms with E-state index in [4.69, 9.17) is 14.2 Å². The number of hydrogen-bond donors (Lipinski definition) is 1. The number of nitrogens with zero attached hydrogens (tertiary/aromatic N) is 1. The lowest BCUT2D eigenvalue weighted by Gasteiger charge is -2.10. The highest BCUT2D eigenvalue weighted by Gasteiger charge is 2.20. The van der Waals surface area contributed by atoms with Crippen molar-refractivity contribution in [1.82, 2.24) is 4.98 Å². The molecule has 170 valence electrons. The number of benzene rings is 2. The summed E-state index contributed by atoms with van der Waals surface area (Å²) in [6, 6.07) is 12.2. The zero-order chi connectivity index (χ0) is 23.1. The summed E-state index contributed by atoms with van der Waals surface area (Å²) in [7, 11) is -0.696. The molecule has 0 aliphatic carbocycles. The van der Waals surface area contributed by atoms with Crippen LogP contribution in [0.2, 0.25) is 0 Å². The van der Waals surface area contributed by atoms with Crippen molar-refractivity contribution in [3.05, 3.63) is 53.5 Å². The van der Waals surface area contributed by atoms with Crippen molar-refractivity contribution in [3.8, 4) is 27.8 Å². The third-order valence-electron chi connectivity index (χ3n) is 4.36. The minimum absolute atomic E-state index is 0.336. The monoisotopic (exact) mass is 476 g/mol. The third-order valence-corrected chi connectivity index (χ3v) is 6.74. The van der Waals surface area contributed by atoms with Crippen LogP contribution in [0.3, 0.4) is 0 Å². The summed E-state index contributed by atoms with van der Waals surface area (Å²) in [6.07, 6.45) is 0. The van der Waals surface area contributed by atoms with Crippen molar-refractivity contribution in [2.75, 3.05) is 31.9 Å². The molecule has 1 aromatic heterocycles. The number of thiazole rings is 1. The fourth-order valence-corrected chi connectivity index (χ4v) is 5.09. The van der Waals surface area contributed by atoms with Gasteiger partial charge in [-0.05, 0) is 37.3 Å². The van der Waals surface area contributed by atoms with E-state index < -0.39 is 21.5 Å². The first-order valence-corrected chi connectivity index (χ1v) is 12.4. The van der Waals surface area contributed by atoms with E-state index in [1.54, 1.807) is 48.9 Å². The zero-order valence-electron chi connectivity index (χ0n) is 18.0. The van der Waals surface area contributed by atoms with E-state index in [0.717, 1.165) is 5.56 Å². The van der Waals surface area contributed by atoms with Crippen LogP contribution >= 0.6 is 11.3 Å². The normalized spacial score (nSPS) is 11.1. The Bertz CT molecular complexity index is 1190. The van der Waals surface area contributed by atoms with Gasteiger partial charge in [-0.15, -0.1) is 11.3 Å². The molecule has 0 aliphatic rings. The highest BCUT2D eigenvalue weighted by molar-refractivity contribution is 7.91. The lowest BCUT2D eigenvalue weighted by Crippen LogP contribution is -2.24. The first kappa shape index (κ1) is 23.6. The molecule has 3 rings (SSSR count). The van der Waals surface area contributed by atoms with Gasteiger partial charge >= 0.3 is 0 Å². The number of para-hydroxylation sites is 2. The number of methoxy groups -OCH3 is 2. The highest BCUT2D eigenvalue weighted by Crippen LogP contribution is 2.34. The van der Waals surface area contributed by atoms with Gasteiger partial charge in [-0.3, -0.25) is 4.79 Å². The minimum atomic E-state index is -3.72. The minimum Gasteiger partial charge on any atom is -0.495 e. The average molecular weight is 477 g/mol. The van der Waals surface area contributed by atoms with E-state index >= 15 is 0 Å². The summed E-state index contributed by atoms with van der Waals surface area (Å²) in [5, 5.41) is 4.90. The van der Waals surface area contributed by atoms with E-state index in [1.165, 1.54) is 18.4 Å². The molecule has 10 heteroatoms. The number of ether oxygens (including phenoxy) is 3. The molecule has 0 fully saturated rings. The van der Waals surface area contributed by atoms with Gasteiger partial charge < -0.3 is 19.5 Å². The first-order valence-electron chi connectivity index (χ1n) is 9.74. The van der Waals surface area contributed by atoms with Crippen LogP contribution in [0.5, 0.6) is 17.2 Å². The number of amides is 1. The van der Waals surface area contributed by atoms with Crippen molar-refractivity contribution >= 4 is 32.8 Å². The number of anilines is 1. The Morgan fingerprint density at radius 2 is 1.81 bits per heavy atom. The predicted molar refractivity (Wildman–Crippen MR) is 124 cm³/mol. The lowest BCUT2D eigenvalue weighted by atomic mass is 10.2. The zero-order valence-corrected chi connectivity index (χ0v) is 19.6. The molecule has 0 spiro atoms. The molecule has 0 bridgehead atoms. The van der Waals surface area contributed by atoms with E-state index in [2.05, 4.69) is 10.3 Å². The van der Waals surface area contributed by atoms with Crippen molar-refractivity contribution < 1.29 is 27.4 Å². The Hall–Kier alpha value is -3.11. The number of aromatic nitrogens is 1. The molecule has 0 unspecified atom stereocenters. The molecular weight excluding hydrogens is 452 g/mol. The quantitative estimate of drug-likeness (QED) is 0.475. The SMILES string of the molecule is CCOc1ccc(-c2nc(CS(=O)(=O)CC(=O)Nc3ccccc3OC)cs2)cc1OC. The smallest absolute Gasteiger partial charge is 0.239 e. The molecule has 0 saturated carbocycles. The highest BCUT2D eigenvalue weighted by atomic mass is 32.2. The molecule has 0 aliphatic heterocycles. The van der Waals surface area contributed by atoms with Crippen LogP contribution in [0.25, 0.3) is 10.6 Å². The number of rotatable bonds is 10. The summed E-state index contributed by atoms with van der Waals surface area (Å²) in [5.74, 6) is 0.0153. The van der Waals surface area contributed by atoms with Crippen molar-refractivity contribution in [3.63, 3.8) is 0 Å². The van der Waals surface area contributed by atoms with Crippen LogP contribution in [0.15, 0.2) is 47.8 Å². The average Bonchev–Trinajstić information content (AvgIpc) is 3.21. The summed E-state index contributed by atoms with van der Waals surface area (Å²) in [5.41, 5.74) is 1.58. The first-order chi connectivity index (χ1) is 15.3. The van der Waals surface area contributed by atoms with Gasteiger partial charge in [-0.2, -0.15) is 0 Å². The van der Waals surface area contributed by atoms with E-state index in [0.29, 0.717) is 40.2 Å². The van der Waals surface area contributed by atoms with Gasteiger partial charge in [0.05, 0.1) is 38.0 Å². The maximum Gasteiger partial charge on any atom is 0.239 e. The Morgan fingerprint density at radius 1 is 1.06 bits per heavy atom. The summed E-state index contributed by atoms with van der Waals surface area (Å²) >= 11 is 1.32. The number of hydrogen-bond acceptors (Lipinski definition) is 8. The van der Waals surface area contributed by atoms with Gasteiger partial charge in [0, 0.05) is 10.9 Å². The second-order valence-corrected chi connectivity index (χ2v) is 9.65. The van der Waals surface area contributed by atoms with E-state index in [1.807, 2.05) is 13.0 Å². The lowest BCUT2D eigenvalue weighted by molar-refractivity contribution is -0.113. The van der Waals surface area contributed by atoms with Crippen molar-refractivity contribution in [2.24, 2.45) is 0 Å². The van der Waals surface area contributed by atoms with Crippen LogP contribution < -0.4 is 19.5 Å². The van der Waals surface area contributed by atoms with E-state index in [-0.39, 0.29) is 5.75 Å². The Kier molecular flexibility index (Phi) is 7.70. The molecular formula is C22H24N2O6S2. The molecule has 1 amide bonds. The summed E-state index contributed by atoms with van der Waals surface area (Å²) < 4.78 is 41.1. The van der Waals surface area contributed by atoms with Crippen molar-refractivity contribution in [2.45, 2.75) is 12.7 Å². The molecule has 0 radical (unpaired) electrons. The largest absolute Gasteiger partial charge is 0.495 e. The van der Waals surface area contributed by atoms with Gasteiger partial charge in [0.25, 0.3) is 0 Å². The van der Waals surface area contributed by atoms with Gasteiger partial charge in [0.2, 0.25) is 5.91 Å². The molecule has 0 atom stereocenters. The van der Waals surface area contributed by atoms with E-state index in [9.17, 15) is 13.2 Å². The summed E-state index contributed by atoms with van der Waals surface area (Å²) in [6.45, 7) is 2.40. The second kappa shape index (κ2) is 10.5. The molecule has 1 heterocycles. The van der Waals surface area contributed by atoms with Crippen LogP contribution in [0, 0.1) is 0 Å². The van der Waals surface area contributed by atoms with Crippen LogP contribution in [-0.4, -0.2) is 45.9 Å². The van der Waals surface area contributed by atoms with Crippen LogP contribution in [-0.2, 0) is 20.4 Å². The second-order valence-electron chi connectivity index (χ2n) is 6.72. The number of carbonyl (C=O) groups excluding carboxylic acids is 1. The predicted octanol–water partition coefficient (Wildman–Crippen LogP) is 3.78. The Balaban J connectivity index is 1.68. The fourth-order valence-electron chi connectivity index (χ4n) is 2.99. The standard InChI is InChI=1S/C22H24N2O6S2/c1-4-30-19-10-9-15(11-20(19)29-3)22-23-16(12-31-22)13-32(26,27)14-21(25)24-17-7-5-6-8-18(17)28-2/h5-12H,4,13-14H2,1-3H3,(H,24,25). The van der Waals surface area contributed by atoms with Crippen LogP contribution in [0.1, 0.15) is 12.6 Å². The number of sulfone groups is 1. The molecule has 2 aromatic carbocycles. The van der Waals surface area contributed by atoms with Gasteiger partial charge in [-0.1, -0.05) is 12.1 Å². The Labute approximate surface area is 191 Å². The molecule has 1 N–H and O–H groups in total. The summed E-state index contributed by atoms with van der Waals surface area (Å²) in [4.78, 5) is 16.7. The van der Waals surface area contributed by atoms with Gasteiger partial charge in [0.1, 0.15) is 16.5 Å². The molecule has 8 nitrogen and oxygen atoms in total. The molecule has 0 saturated heterocycles.